The van der Waals surface area contributed by atoms with Crippen LogP contribution in [-0.2, 0) is 9.59 Å². The molecule has 0 aromatic carbocycles. The second-order valence-corrected chi connectivity index (χ2v) is 2.56. The third kappa shape index (κ3) is 1.85. The van der Waals surface area contributed by atoms with Gasteiger partial charge in [-0.15, -0.1) is 0 Å². The number of amides is 2. The molecular weight excluding hydrogens is 180 g/mol. The van der Waals surface area contributed by atoms with Crippen molar-refractivity contribution >= 4 is 18.0 Å². The fourth-order valence-corrected chi connectivity index (χ4v) is 1.08. The molecule has 0 spiro atoms. The van der Waals surface area contributed by atoms with Crippen LogP contribution in [0.5, 0.6) is 0 Å². The van der Waals surface area contributed by atoms with E-state index >= 15 is 0 Å². The van der Waals surface area contributed by atoms with Crippen molar-refractivity contribution in [1.29, 1.82) is 0 Å². The van der Waals surface area contributed by atoms with Crippen molar-refractivity contribution in [2.75, 3.05) is 7.05 Å². The van der Waals surface area contributed by atoms with Crippen LogP contribution < -0.4 is 0 Å². The lowest BCUT2D eigenvalue weighted by molar-refractivity contribution is -0.133. The molecule has 0 bridgehead atoms. The molecule has 4 heteroatoms. The predicted molar refractivity (Wildman–Crippen MR) is 53.7 cm³/mol. The topological polar surface area (TPSA) is 49.7 Å². The Morgan fingerprint density at radius 2 is 2.00 bits per heavy atom. The van der Waals surface area contributed by atoms with Gasteiger partial charge in [0.05, 0.1) is 5.70 Å². The van der Waals surface area contributed by atoms with Crippen molar-refractivity contribution in [3.8, 4) is 0 Å². The van der Waals surface area contributed by atoms with Crippen molar-refractivity contribution in [2.24, 2.45) is 4.99 Å². The Morgan fingerprint density at radius 1 is 1.43 bits per heavy atom. The highest BCUT2D eigenvalue weighted by molar-refractivity contribution is 6.16. The molecule has 0 N–H and O–H groups in total. The fraction of sp³-hybridized carbons (Fsp3) is 0.100. The molecule has 14 heavy (non-hydrogen) atoms. The molecular formula is C10H10N2O2. The van der Waals surface area contributed by atoms with Crippen LogP contribution in [0.1, 0.15) is 0 Å². The van der Waals surface area contributed by atoms with Crippen LogP contribution in [0.15, 0.2) is 41.6 Å². The van der Waals surface area contributed by atoms with E-state index < -0.39 is 0 Å². The third-order valence-corrected chi connectivity index (χ3v) is 1.62. The zero-order valence-electron chi connectivity index (χ0n) is 7.80. The maximum absolute atomic E-state index is 11.3. The van der Waals surface area contributed by atoms with E-state index in [2.05, 4.69) is 11.6 Å². The molecule has 1 rings (SSSR count). The number of carbonyl (C=O) groups excluding carboxylic acids is 2. The van der Waals surface area contributed by atoms with E-state index in [0.29, 0.717) is 5.70 Å². The Kier molecular flexibility index (Phi) is 3.12. The number of carbonyl (C=O) groups is 2. The summed E-state index contributed by atoms with van der Waals surface area (Å²) in [7, 11) is 1.56. The number of rotatable bonds is 3. The zero-order valence-corrected chi connectivity index (χ0v) is 7.80. The number of nitrogens with zero attached hydrogens (tertiary/aromatic N) is 2. The van der Waals surface area contributed by atoms with Crippen molar-refractivity contribution in [1.82, 2.24) is 4.90 Å². The molecule has 0 aromatic heterocycles. The first-order valence-electron chi connectivity index (χ1n) is 4.01. The lowest BCUT2D eigenvalue weighted by Crippen LogP contribution is -2.29. The molecule has 0 saturated heterocycles. The van der Waals surface area contributed by atoms with Gasteiger partial charge in [-0.05, 0) is 6.08 Å². The first-order valence-corrected chi connectivity index (χ1v) is 4.01. The van der Waals surface area contributed by atoms with Crippen LogP contribution in [0.2, 0.25) is 0 Å². The second kappa shape index (κ2) is 4.32. The molecule has 0 aromatic rings. The molecule has 1 heterocycles. The lowest BCUT2D eigenvalue weighted by Gasteiger charge is -2.13. The summed E-state index contributed by atoms with van der Waals surface area (Å²) < 4.78 is 0. The van der Waals surface area contributed by atoms with Crippen molar-refractivity contribution in [3.63, 3.8) is 0 Å². The zero-order chi connectivity index (χ0) is 10.6. The van der Waals surface area contributed by atoms with E-state index in [4.69, 9.17) is 0 Å². The average molecular weight is 190 g/mol. The number of imide groups is 1. The lowest BCUT2D eigenvalue weighted by atomic mass is 10.3. The van der Waals surface area contributed by atoms with Gasteiger partial charge in [-0.25, -0.2) is 4.90 Å². The quantitative estimate of drug-likeness (QED) is 0.373. The minimum Gasteiger partial charge on any atom is -0.294 e. The van der Waals surface area contributed by atoms with Crippen molar-refractivity contribution in [2.45, 2.75) is 0 Å². The highest BCUT2D eigenvalue weighted by Gasteiger charge is 2.25. The average Bonchev–Trinajstić information content (AvgIpc) is 2.46. The van der Waals surface area contributed by atoms with Crippen LogP contribution in [-0.4, -0.2) is 30.0 Å². The van der Waals surface area contributed by atoms with Gasteiger partial charge in [0.1, 0.15) is 0 Å². The predicted octanol–water partition coefficient (Wildman–Crippen LogP) is 0.682. The van der Waals surface area contributed by atoms with Gasteiger partial charge < -0.3 is 0 Å². The van der Waals surface area contributed by atoms with Crippen LogP contribution >= 0.6 is 0 Å². The summed E-state index contributed by atoms with van der Waals surface area (Å²) in [5, 5.41) is 0. The van der Waals surface area contributed by atoms with Crippen LogP contribution in [0.3, 0.4) is 0 Å². The maximum atomic E-state index is 11.3. The first-order chi connectivity index (χ1) is 6.70. The minimum atomic E-state index is -0.358. The molecule has 4 nitrogen and oxygen atoms in total. The van der Waals surface area contributed by atoms with Gasteiger partial charge >= 0.3 is 0 Å². The normalized spacial score (nSPS) is 17.2. The fourth-order valence-electron chi connectivity index (χ4n) is 1.08. The molecule has 72 valence electrons. The maximum Gasteiger partial charge on any atom is 0.258 e. The Balaban J connectivity index is 3.01. The number of hydrogen-bond acceptors (Lipinski definition) is 3. The standard InChI is InChI=1S/C10H10N2O2/c1-3-4-8(7-11-2)12-9(13)5-6-10(12)14/h3-7H,1H2,2H3/b8-4+,11-7-. The number of allylic oxidation sites excluding steroid dienone is 3. The molecule has 1 aliphatic rings. The van der Waals surface area contributed by atoms with Crippen molar-refractivity contribution < 1.29 is 9.59 Å². The molecule has 0 aliphatic carbocycles. The summed E-state index contributed by atoms with van der Waals surface area (Å²) in [6, 6.07) is 0. The van der Waals surface area contributed by atoms with Gasteiger partial charge in [-0.2, -0.15) is 0 Å². The summed E-state index contributed by atoms with van der Waals surface area (Å²) in [4.78, 5) is 27.3. The van der Waals surface area contributed by atoms with Crippen LogP contribution in [0.4, 0.5) is 0 Å². The van der Waals surface area contributed by atoms with E-state index in [1.54, 1.807) is 13.1 Å². The van der Waals surface area contributed by atoms with Gasteiger partial charge in [0.25, 0.3) is 11.8 Å². The van der Waals surface area contributed by atoms with E-state index in [1.165, 1.54) is 24.4 Å². The van der Waals surface area contributed by atoms with E-state index in [9.17, 15) is 9.59 Å². The monoisotopic (exact) mass is 190 g/mol. The largest absolute Gasteiger partial charge is 0.294 e. The van der Waals surface area contributed by atoms with Gasteiger partial charge in [-0.1, -0.05) is 12.7 Å². The van der Waals surface area contributed by atoms with E-state index in [0.717, 1.165) is 4.90 Å². The summed E-state index contributed by atoms with van der Waals surface area (Å²) in [5.41, 5.74) is 0.419. The summed E-state index contributed by atoms with van der Waals surface area (Å²) in [6.45, 7) is 3.50. The van der Waals surface area contributed by atoms with E-state index in [1.807, 2.05) is 0 Å². The minimum absolute atomic E-state index is 0.358. The van der Waals surface area contributed by atoms with Gasteiger partial charge in [0.2, 0.25) is 0 Å². The molecule has 0 radical (unpaired) electrons. The molecule has 0 atom stereocenters. The third-order valence-electron chi connectivity index (χ3n) is 1.62. The molecule has 2 amide bonds. The van der Waals surface area contributed by atoms with E-state index in [-0.39, 0.29) is 11.8 Å². The smallest absolute Gasteiger partial charge is 0.258 e. The summed E-state index contributed by atoms with van der Waals surface area (Å²) in [5.74, 6) is -0.717. The Hall–Kier alpha value is -1.97. The Bertz CT molecular complexity index is 346. The van der Waals surface area contributed by atoms with Crippen molar-refractivity contribution in [3.05, 3.63) is 36.6 Å². The van der Waals surface area contributed by atoms with Crippen LogP contribution in [0.25, 0.3) is 0 Å². The van der Waals surface area contributed by atoms with Crippen LogP contribution in [0, 0.1) is 0 Å². The van der Waals surface area contributed by atoms with Gasteiger partial charge in [0, 0.05) is 25.4 Å². The SMILES string of the molecule is C=C/C=C(\C=N/C)N1C(=O)C=CC1=O. The van der Waals surface area contributed by atoms with Gasteiger partial charge in [0.15, 0.2) is 0 Å². The number of aliphatic imine (C=N–C) groups is 1. The Labute approximate surface area is 81.9 Å². The second-order valence-electron chi connectivity index (χ2n) is 2.56. The molecule has 0 fully saturated rings. The molecule has 1 aliphatic heterocycles. The molecule has 0 saturated carbocycles. The first kappa shape index (κ1) is 10.1. The Morgan fingerprint density at radius 3 is 2.43 bits per heavy atom. The highest BCUT2D eigenvalue weighted by Crippen LogP contribution is 2.10. The molecule has 0 unspecified atom stereocenters. The van der Waals surface area contributed by atoms with Gasteiger partial charge in [-0.3, -0.25) is 14.6 Å². The highest BCUT2D eigenvalue weighted by atomic mass is 16.2. The summed E-state index contributed by atoms with van der Waals surface area (Å²) >= 11 is 0. The summed E-state index contributed by atoms with van der Waals surface area (Å²) in [6.07, 6.45) is 6.93. The number of hydrogen-bond donors (Lipinski definition) is 0.